The molecule has 0 saturated carbocycles. The maximum absolute atomic E-state index is 13.1. The highest BCUT2D eigenvalue weighted by Gasteiger charge is 2.34. The van der Waals surface area contributed by atoms with E-state index in [0.29, 0.717) is 0 Å². The van der Waals surface area contributed by atoms with Crippen LogP contribution in [0.15, 0.2) is 47.3 Å². The molecule has 0 atom stereocenters. The molecular weight excluding hydrogens is 285 g/mol. The van der Waals surface area contributed by atoms with Gasteiger partial charge in [0.25, 0.3) is 0 Å². The zero-order valence-corrected chi connectivity index (χ0v) is 10.5. The van der Waals surface area contributed by atoms with E-state index in [0.717, 1.165) is 10.6 Å². The van der Waals surface area contributed by atoms with Gasteiger partial charge in [-0.3, -0.25) is 4.57 Å². The lowest BCUT2D eigenvalue weighted by atomic mass is 10.1. The van der Waals surface area contributed by atoms with Gasteiger partial charge in [0.15, 0.2) is 0 Å². The molecule has 1 heterocycles. The number of phenols is 1. The molecule has 0 aliphatic carbocycles. The molecule has 0 fully saturated rings. The lowest BCUT2D eigenvalue weighted by molar-refractivity contribution is -0.136. The highest BCUT2D eigenvalue weighted by atomic mass is 19.4. The number of nitrogens with one attached hydrogen (secondary N) is 1. The third-order valence-corrected chi connectivity index (χ3v) is 3.12. The van der Waals surface area contributed by atoms with Crippen molar-refractivity contribution in [2.75, 3.05) is 0 Å². The first-order valence-electron chi connectivity index (χ1n) is 5.98. The second-order valence-electron chi connectivity index (χ2n) is 4.48. The van der Waals surface area contributed by atoms with Crippen LogP contribution in [-0.2, 0) is 6.18 Å². The van der Waals surface area contributed by atoms with Crippen molar-refractivity contribution >= 4 is 11.0 Å². The van der Waals surface area contributed by atoms with E-state index in [1.807, 2.05) is 0 Å². The highest BCUT2D eigenvalue weighted by Crippen LogP contribution is 2.34. The van der Waals surface area contributed by atoms with Crippen LogP contribution in [0.2, 0.25) is 0 Å². The Hall–Kier alpha value is -2.70. The molecule has 0 bridgehead atoms. The average Bonchev–Trinajstić information content (AvgIpc) is 2.74. The molecule has 1 aromatic heterocycles. The summed E-state index contributed by atoms with van der Waals surface area (Å²) in [5.41, 5.74) is -1.47. The van der Waals surface area contributed by atoms with Gasteiger partial charge in [0.05, 0.1) is 22.3 Å². The summed E-state index contributed by atoms with van der Waals surface area (Å²) in [6.07, 6.45) is -4.58. The first kappa shape index (κ1) is 13.3. The number of aromatic hydroxyl groups is 1. The minimum absolute atomic E-state index is 0.0392. The predicted octanol–water partition coefficient (Wildman–Crippen LogP) is 3.04. The summed E-state index contributed by atoms with van der Waals surface area (Å²) in [6.45, 7) is 0. The van der Waals surface area contributed by atoms with Crippen molar-refractivity contribution < 1.29 is 18.3 Å². The Bertz CT molecular complexity index is 861. The van der Waals surface area contributed by atoms with Gasteiger partial charge in [-0.25, -0.2) is 4.79 Å². The Morgan fingerprint density at radius 3 is 2.33 bits per heavy atom. The third kappa shape index (κ3) is 2.16. The molecule has 0 aliphatic rings. The van der Waals surface area contributed by atoms with Gasteiger partial charge in [0, 0.05) is 0 Å². The van der Waals surface area contributed by atoms with E-state index in [-0.39, 0.29) is 22.5 Å². The van der Waals surface area contributed by atoms with Crippen molar-refractivity contribution in [1.82, 2.24) is 9.55 Å². The van der Waals surface area contributed by atoms with Crippen LogP contribution >= 0.6 is 0 Å². The van der Waals surface area contributed by atoms with Crippen LogP contribution in [0.3, 0.4) is 0 Å². The normalized spacial score (nSPS) is 12.0. The number of nitrogens with zero attached hydrogens (tertiary/aromatic N) is 1. The fraction of sp³-hybridized carbons (Fsp3) is 0.0714. The summed E-state index contributed by atoms with van der Waals surface area (Å²) in [7, 11) is 0. The maximum Gasteiger partial charge on any atom is 0.418 e. The minimum Gasteiger partial charge on any atom is -0.508 e. The van der Waals surface area contributed by atoms with Gasteiger partial charge in [-0.15, -0.1) is 0 Å². The second-order valence-corrected chi connectivity index (χ2v) is 4.48. The lowest BCUT2D eigenvalue weighted by Gasteiger charge is -2.11. The van der Waals surface area contributed by atoms with Crippen LogP contribution in [0.4, 0.5) is 13.2 Å². The predicted molar refractivity (Wildman–Crippen MR) is 70.6 cm³/mol. The number of benzene rings is 2. The number of halogens is 3. The number of hydrogen-bond acceptors (Lipinski definition) is 2. The van der Waals surface area contributed by atoms with Crippen LogP contribution in [0.1, 0.15) is 5.56 Å². The van der Waals surface area contributed by atoms with Gasteiger partial charge in [0.2, 0.25) is 0 Å². The number of para-hydroxylation sites is 1. The number of hydrogen-bond donors (Lipinski definition) is 2. The van der Waals surface area contributed by atoms with E-state index in [1.165, 1.54) is 36.4 Å². The van der Waals surface area contributed by atoms with Gasteiger partial charge in [0.1, 0.15) is 5.75 Å². The van der Waals surface area contributed by atoms with E-state index in [2.05, 4.69) is 4.98 Å². The number of fused-ring (bicyclic) bond motifs is 1. The summed E-state index contributed by atoms with van der Waals surface area (Å²) in [6, 6.07) is 8.92. The smallest absolute Gasteiger partial charge is 0.418 e. The highest BCUT2D eigenvalue weighted by molar-refractivity contribution is 5.81. The number of rotatable bonds is 1. The Morgan fingerprint density at radius 1 is 1.05 bits per heavy atom. The maximum atomic E-state index is 13.1. The number of aromatic amines is 1. The zero-order chi connectivity index (χ0) is 15.2. The van der Waals surface area contributed by atoms with Crippen molar-refractivity contribution in [3.63, 3.8) is 0 Å². The number of H-pyrrole nitrogens is 1. The zero-order valence-electron chi connectivity index (χ0n) is 10.5. The molecule has 3 aromatic rings. The van der Waals surface area contributed by atoms with E-state index < -0.39 is 17.4 Å². The first-order valence-corrected chi connectivity index (χ1v) is 5.98. The van der Waals surface area contributed by atoms with Crippen molar-refractivity contribution in [2.45, 2.75) is 6.18 Å². The fourth-order valence-electron chi connectivity index (χ4n) is 2.23. The quantitative estimate of drug-likeness (QED) is 0.724. The lowest BCUT2D eigenvalue weighted by Crippen LogP contribution is -2.16. The fourth-order valence-corrected chi connectivity index (χ4v) is 2.23. The summed E-state index contributed by atoms with van der Waals surface area (Å²) < 4.78 is 40.3. The van der Waals surface area contributed by atoms with E-state index in [1.54, 1.807) is 0 Å². The van der Waals surface area contributed by atoms with E-state index >= 15 is 0 Å². The molecule has 4 nitrogen and oxygen atoms in total. The second kappa shape index (κ2) is 4.41. The van der Waals surface area contributed by atoms with Crippen LogP contribution in [0.5, 0.6) is 5.75 Å². The largest absolute Gasteiger partial charge is 0.508 e. The Labute approximate surface area is 116 Å². The SMILES string of the molecule is O=c1[nH]c2cccc(C(F)(F)F)c2n1-c1ccc(O)cc1. The van der Waals surface area contributed by atoms with Crippen LogP contribution in [0, 0.1) is 0 Å². The molecule has 2 N–H and O–H groups in total. The van der Waals surface area contributed by atoms with Gasteiger partial charge in [-0.1, -0.05) is 6.07 Å². The molecule has 0 saturated heterocycles. The van der Waals surface area contributed by atoms with E-state index in [4.69, 9.17) is 0 Å². The molecule has 0 amide bonds. The van der Waals surface area contributed by atoms with E-state index in [9.17, 15) is 23.1 Å². The minimum atomic E-state index is -4.58. The van der Waals surface area contributed by atoms with Crippen LogP contribution in [0.25, 0.3) is 16.7 Å². The molecular formula is C14H9F3N2O2. The van der Waals surface area contributed by atoms with Crippen LogP contribution in [-0.4, -0.2) is 14.7 Å². The van der Waals surface area contributed by atoms with Gasteiger partial charge in [-0.05, 0) is 36.4 Å². The first-order chi connectivity index (χ1) is 9.88. The summed E-state index contributed by atoms with van der Waals surface area (Å²) in [5.74, 6) is -0.0392. The van der Waals surface area contributed by atoms with Crippen molar-refractivity contribution in [2.24, 2.45) is 0 Å². The molecule has 0 unspecified atom stereocenters. The number of imidazole rings is 1. The van der Waals surface area contributed by atoms with Crippen molar-refractivity contribution in [3.8, 4) is 11.4 Å². The molecule has 2 aromatic carbocycles. The number of aromatic nitrogens is 2. The van der Waals surface area contributed by atoms with Crippen molar-refractivity contribution in [1.29, 1.82) is 0 Å². The molecule has 21 heavy (non-hydrogen) atoms. The van der Waals surface area contributed by atoms with Crippen LogP contribution < -0.4 is 5.69 Å². The topological polar surface area (TPSA) is 58.0 Å². The summed E-state index contributed by atoms with van der Waals surface area (Å²) in [5, 5.41) is 9.25. The van der Waals surface area contributed by atoms with Gasteiger partial charge < -0.3 is 10.1 Å². The van der Waals surface area contributed by atoms with Gasteiger partial charge in [-0.2, -0.15) is 13.2 Å². The monoisotopic (exact) mass is 294 g/mol. The third-order valence-electron chi connectivity index (χ3n) is 3.12. The molecule has 0 spiro atoms. The molecule has 0 radical (unpaired) electrons. The van der Waals surface area contributed by atoms with Gasteiger partial charge >= 0.3 is 11.9 Å². The molecule has 108 valence electrons. The average molecular weight is 294 g/mol. The Morgan fingerprint density at radius 2 is 1.71 bits per heavy atom. The molecule has 7 heteroatoms. The summed E-state index contributed by atoms with van der Waals surface area (Å²) >= 11 is 0. The molecule has 0 aliphatic heterocycles. The standard InChI is InChI=1S/C14H9F3N2O2/c15-14(16,17)10-2-1-3-11-12(10)19(13(21)18-11)8-4-6-9(20)7-5-8/h1-7,20H,(H,18,21). The molecule has 3 rings (SSSR count). The number of phenolic OH excluding ortho intramolecular Hbond substituents is 1. The number of alkyl halides is 3. The summed E-state index contributed by atoms with van der Waals surface area (Å²) in [4.78, 5) is 14.4. The van der Waals surface area contributed by atoms with Crippen molar-refractivity contribution in [3.05, 3.63) is 58.5 Å². The Balaban J connectivity index is 2.40. The Kier molecular flexibility index (Phi) is 2.79.